The smallest absolute Gasteiger partial charge is 0.372 e. The number of carbonyl (C=O) groups is 1. The third kappa shape index (κ3) is 3.05. The van der Waals surface area contributed by atoms with Crippen LogP contribution in [0.4, 0.5) is 0 Å². The van der Waals surface area contributed by atoms with E-state index in [9.17, 15) is 9.90 Å². The van der Waals surface area contributed by atoms with Gasteiger partial charge in [-0.25, -0.2) is 9.78 Å². The second-order valence-corrected chi connectivity index (χ2v) is 8.10. The van der Waals surface area contributed by atoms with Crippen molar-refractivity contribution in [3.05, 3.63) is 55.8 Å². The fourth-order valence-corrected chi connectivity index (χ4v) is 4.14. The highest BCUT2D eigenvalue weighted by Gasteiger charge is 2.19. The zero-order valence-corrected chi connectivity index (χ0v) is 16.2. The second-order valence-electron chi connectivity index (χ2n) is 5.22. The number of hydrogen-bond acceptors (Lipinski definition) is 5. The van der Waals surface area contributed by atoms with Crippen LogP contribution in [0.5, 0.6) is 0 Å². The minimum Gasteiger partial charge on any atom is -0.475 e. The Kier molecular flexibility index (Phi) is 4.26. The normalized spacial score (nSPS) is 11.3. The number of carboxylic acid groups (broad SMARTS) is 1. The SMILES string of the molecule is O=C(O)c1nc2c(I)cccc2n1Cc1cc(-c2ccc(Cl)s2)on1. The maximum absolute atomic E-state index is 11.6. The Morgan fingerprint density at radius 2 is 2.20 bits per heavy atom. The number of aromatic carboxylic acids is 1. The van der Waals surface area contributed by atoms with E-state index < -0.39 is 5.97 Å². The number of nitrogens with zero attached hydrogens (tertiary/aromatic N) is 3. The second kappa shape index (κ2) is 6.43. The maximum Gasteiger partial charge on any atom is 0.372 e. The lowest BCUT2D eigenvalue weighted by molar-refractivity contribution is 0.0679. The van der Waals surface area contributed by atoms with Crippen molar-refractivity contribution in [3.63, 3.8) is 0 Å². The number of halogens is 2. The number of hydrogen-bond donors (Lipinski definition) is 1. The van der Waals surface area contributed by atoms with Gasteiger partial charge in [0.1, 0.15) is 11.2 Å². The summed E-state index contributed by atoms with van der Waals surface area (Å²) in [5, 5.41) is 13.5. The highest BCUT2D eigenvalue weighted by Crippen LogP contribution is 2.31. The Morgan fingerprint density at radius 3 is 2.92 bits per heavy atom. The summed E-state index contributed by atoms with van der Waals surface area (Å²) in [6, 6.07) is 11.0. The lowest BCUT2D eigenvalue weighted by atomic mass is 10.3. The Balaban J connectivity index is 1.76. The van der Waals surface area contributed by atoms with Crippen molar-refractivity contribution >= 4 is 62.5 Å². The number of para-hydroxylation sites is 1. The largest absolute Gasteiger partial charge is 0.475 e. The van der Waals surface area contributed by atoms with Gasteiger partial charge in [0.05, 0.1) is 21.3 Å². The lowest BCUT2D eigenvalue weighted by Gasteiger charge is -2.03. The molecule has 9 heteroatoms. The van der Waals surface area contributed by atoms with Crippen LogP contribution in [0.2, 0.25) is 4.34 Å². The number of benzene rings is 1. The summed E-state index contributed by atoms with van der Waals surface area (Å²) in [5.41, 5.74) is 2.02. The van der Waals surface area contributed by atoms with E-state index in [1.54, 1.807) is 16.7 Å². The van der Waals surface area contributed by atoms with Crippen LogP contribution in [-0.4, -0.2) is 25.8 Å². The molecule has 0 spiro atoms. The number of thiophene rings is 1. The summed E-state index contributed by atoms with van der Waals surface area (Å²) in [5.74, 6) is -0.508. The molecule has 25 heavy (non-hydrogen) atoms. The van der Waals surface area contributed by atoms with Crippen molar-refractivity contribution in [1.82, 2.24) is 14.7 Å². The van der Waals surface area contributed by atoms with Gasteiger partial charge >= 0.3 is 5.97 Å². The van der Waals surface area contributed by atoms with Crippen LogP contribution in [0.25, 0.3) is 21.7 Å². The van der Waals surface area contributed by atoms with Crippen LogP contribution in [0.3, 0.4) is 0 Å². The Labute approximate surface area is 164 Å². The molecule has 0 atom stereocenters. The van der Waals surface area contributed by atoms with Gasteiger partial charge in [0, 0.05) is 9.64 Å². The molecule has 0 radical (unpaired) electrons. The topological polar surface area (TPSA) is 81.1 Å². The molecule has 0 saturated carbocycles. The van der Waals surface area contributed by atoms with E-state index in [1.165, 1.54) is 11.3 Å². The van der Waals surface area contributed by atoms with Crippen molar-refractivity contribution in [2.24, 2.45) is 0 Å². The van der Waals surface area contributed by atoms with E-state index in [2.05, 4.69) is 32.7 Å². The number of fused-ring (bicyclic) bond motifs is 1. The Hall–Kier alpha value is -1.91. The molecule has 0 saturated heterocycles. The van der Waals surface area contributed by atoms with Gasteiger partial charge in [0.15, 0.2) is 5.76 Å². The molecule has 4 rings (SSSR count). The van der Waals surface area contributed by atoms with Gasteiger partial charge < -0.3 is 14.2 Å². The summed E-state index contributed by atoms with van der Waals surface area (Å²) < 4.78 is 8.55. The molecular weight excluding hydrogens is 477 g/mol. The zero-order chi connectivity index (χ0) is 17.6. The lowest BCUT2D eigenvalue weighted by Crippen LogP contribution is -2.10. The van der Waals surface area contributed by atoms with Crippen molar-refractivity contribution in [1.29, 1.82) is 0 Å². The standard InChI is InChI=1S/C16H9ClIN3O3S/c17-13-5-4-12(25-13)11-6-8(20-24-11)7-21-10-3-1-2-9(18)14(10)19-15(21)16(22)23/h1-6H,7H2,(H,22,23). The summed E-state index contributed by atoms with van der Waals surface area (Å²) in [6.07, 6.45) is 0. The minimum absolute atomic E-state index is 0.0252. The molecule has 1 aromatic carbocycles. The van der Waals surface area contributed by atoms with Crippen LogP contribution < -0.4 is 0 Å². The first kappa shape index (κ1) is 16.6. The first-order chi connectivity index (χ1) is 12.0. The molecule has 6 nitrogen and oxygen atoms in total. The van der Waals surface area contributed by atoms with Crippen molar-refractivity contribution in [2.75, 3.05) is 0 Å². The molecular formula is C16H9ClIN3O3S. The predicted molar refractivity (Wildman–Crippen MR) is 103 cm³/mol. The Morgan fingerprint density at radius 1 is 1.36 bits per heavy atom. The van der Waals surface area contributed by atoms with Gasteiger partial charge in [0.25, 0.3) is 0 Å². The van der Waals surface area contributed by atoms with Crippen molar-refractivity contribution in [2.45, 2.75) is 6.54 Å². The first-order valence-corrected chi connectivity index (χ1v) is 9.39. The number of aromatic nitrogens is 3. The predicted octanol–water partition coefficient (Wildman–Crippen LogP) is 4.76. The van der Waals surface area contributed by atoms with Crippen molar-refractivity contribution in [3.8, 4) is 10.6 Å². The third-order valence-corrected chi connectivity index (χ3v) is 5.73. The van der Waals surface area contributed by atoms with Crippen molar-refractivity contribution < 1.29 is 14.4 Å². The summed E-state index contributed by atoms with van der Waals surface area (Å²) >= 11 is 9.48. The highest BCUT2D eigenvalue weighted by atomic mass is 127. The molecule has 0 fully saturated rings. The molecule has 0 bridgehead atoms. The third-order valence-electron chi connectivity index (χ3n) is 3.62. The van der Waals surface area contributed by atoms with Crippen LogP contribution in [-0.2, 0) is 6.54 Å². The molecule has 126 valence electrons. The van der Waals surface area contributed by atoms with E-state index in [0.29, 0.717) is 21.3 Å². The molecule has 4 aromatic rings. The average molecular weight is 486 g/mol. The van der Waals surface area contributed by atoms with Crippen LogP contribution >= 0.6 is 45.5 Å². The Bertz CT molecular complexity index is 1100. The van der Waals surface area contributed by atoms with Gasteiger partial charge in [-0.15, -0.1) is 11.3 Å². The highest BCUT2D eigenvalue weighted by molar-refractivity contribution is 14.1. The summed E-state index contributed by atoms with van der Waals surface area (Å²) in [6.45, 7) is 0.251. The fourth-order valence-electron chi connectivity index (χ4n) is 2.55. The molecule has 3 aromatic heterocycles. The number of carboxylic acids is 1. The van der Waals surface area contributed by atoms with Crippen LogP contribution in [0.1, 0.15) is 16.3 Å². The molecule has 3 heterocycles. The minimum atomic E-state index is -1.08. The maximum atomic E-state index is 11.6. The molecule has 0 aliphatic heterocycles. The van der Waals surface area contributed by atoms with Gasteiger partial charge in [0.2, 0.25) is 5.82 Å². The average Bonchev–Trinajstić information content (AvgIpc) is 3.27. The fraction of sp³-hybridized carbons (Fsp3) is 0.0625. The molecule has 0 unspecified atom stereocenters. The van der Waals surface area contributed by atoms with Gasteiger partial charge in [-0.3, -0.25) is 0 Å². The molecule has 1 N–H and O–H groups in total. The van der Waals surface area contributed by atoms with E-state index in [1.807, 2.05) is 24.3 Å². The van der Waals surface area contributed by atoms with Gasteiger partial charge in [-0.1, -0.05) is 22.8 Å². The van der Waals surface area contributed by atoms with E-state index in [0.717, 1.165) is 14.0 Å². The quantitative estimate of drug-likeness (QED) is 0.422. The monoisotopic (exact) mass is 485 g/mol. The van der Waals surface area contributed by atoms with E-state index in [4.69, 9.17) is 16.1 Å². The van der Waals surface area contributed by atoms with Gasteiger partial charge in [-0.05, 0) is 46.9 Å². The molecule has 0 aliphatic rings. The zero-order valence-electron chi connectivity index (χ0n) is 12.4. The van der Waals surface area contributed by atoms with E-state index in [-0.39, 0.29) is 12.4 Å². The number of rotatable bonds is 4. The molecule has 0 aliphatic carbocycles. The van der Waals surface area contributed by atoms with Crippen LogP contribution in [0, 0.1) is 3.57 Å². The summed E-state index contributed by atoms with van der Waals surface area (Å²) in [7, 11) is 0. The molecule has 0 amide bonds. The summed E-state index contributed by atoms with van der Waals surface area (Å²) in [4.78, 5) is 16.7. The first-order valence-electron chi connectivity index (χ1n) is 7.12. The van der Waals surface area contributed by atoms with Crippen LogP contribution in [0.15, 0.2) is 40.9 Å². The van der Waals surface area contributed by atoms with E-state index >= 15 is 0 Å². The van der Waals surface area contributed by atoms with Gasteiger partial charge in [-0.2, -0.15) is 0 Å². The number of imidazole rings is 1.